The Kier molecular flexibility index (Phi) is 5.08. The Labute approximate surface area is 165 Å². The minimum Gasteiger partial charge on any atom is -0.386 e. The van der Waals surface area contributed by atoms with E-state index in [0.717, 1.165) is 0 Å². The topological polar surface area (TPSA) is 155 Å². The number of aliphatic hydroxyl groups excluding tert-OH is 1. The molecule has 14 heteroatoms. The second-order valence-electron chi connectivity index (χ2n) is 5.07. The van der Waals surface area contributed by atoms with Crippen LogP contribution in [-0.4, -0.2) is 54.4 Å². The van der Waals surface area contributed by atoms with Gasteiger partial charge >= 0.3 is 37.4 Å². The average molecular weight is 431 g/mol. The van der Waals surface area contributed by atoms with Gasteiger partial charge in [-0.3, -0.25) is 13.6 Å². The number of aromatic nitrogens is 4. The second kappa shape index (κ2) is 6.54. The van der Waals surface area contributed by atoms with Crippen LogP contribution in [0.1, 0.15) is 6.23 Å². The molecule has 0 aromatic carbocycles. The number of hydrogen-bond acceptors (Lipinski definition) is 9. The fourth-order valence-corrected chi connectivity index (χ4v) is 4.19. The van der Waals surface area contributed by atoms with Gasteiger partial charge in [-0.05, 0) is 15.9 Å². The number of ether oxygens (including phenoxy) is 1. The van der Waals surface area contributed by atoms with Crippen LogP contribution in [-0.2, 0) is 18.3 Å². The maximum Gasteiger partial charge on any atom is 1.00 e. The van der Waals surface area contributed by atoms with Gasteiger partial charge in [0.05, 0.1) is 6.61 Å². The SMILES string of the molecule is Nc1ncnc2c1nc(Br)n2C1OC2COP(=O)(O)O[C@@H]2C1O.[Na+]. The molecule has 11 nitrogen and oxygen atoms in total. The molecule has 124 valence electrons. The van der Waals surface area contributed by atoms with E-state index in [0.29, 0.717) is 15.9 Å². The Hall–Kier alpha value is -0.140. The molecule has 4 N–H and O–H groups in total. The molecule has 0 radical (unpaired) electrons. The molecular weight excluding hydrogens is 420 g/mol. The Morgan fingerprint density at radius 3 is 2.96 bits per heavy atom. The van der Waals surface area contributed by atoms with Crippen LogP contribution in [0.15, 0.2) is 11.1 Å². The Balaban J connectivity index is 0.00000169. The molecule has 4 rings (SSSR count). The van der Waals surface area contributed by atoms with Gasteiger partial charge in [0.1, 0.15) is 24.6 Å². The Bertz CT molecular complexity index is 837. The van der Waals surface area contributed by atoms with Gasteiger partial charge in [0, 0.05) is 0 Å². The minimum absolute atomic E-state index is 0. The molecule has 0 saturated carbocycles. The molecule has 4 unspecified atom stereocenters. The summed E-state index contributed by atoms with van der Waals surface area (Å²) < 4.78 is 28.6. The summed E-state index contributed by atoms with van der Waals surface area (Å²) in [5.74, 6) is 0.179. The van der Waals surface area contributed by atoms with E-state index in [4.69, 9.17) is 19.5 Å². The number of nitrogen functional groups attached to an aromatic ring is 1. The molecule has 0 aliphatic carbocycles. The summed E-state index contributed by atoms with van der Waals surface area (Å²) in [5.41, 5.74) is 6.45. The van der Waals surface area contributed by atoms with Crippen molar-refractivity contribution in [2.45, 2.75) is 24.5 Å². The minimum atomic E-state index is -4.19. The van der Waals surface area contributed by atoms with Crippen molar-refractivity contribution in [3.05, 3.63) is 11.1 Å². The number of nitrogens with two attached hydrogens (primary N) is 1. The third-order valence-electron chi connectivity index (χ3n) is 3.68. The van der Waals surface area contributed by atoms with E-state index in [2.05, 4.69) is 30.9 Å². The van der Waals surface area contributed by atoms with Gasteiger partial charge in [0.25, 0.3) is 0 Å². The first kappa shape index (κ1) is 18.6. The molecule has 2 fully saturated rings. The van der Waals surface area contributed by atoms with Crippen LogP contribution < -0.4 is 35.3 Å². The zero-order valence-corrected chi connectivity index (χ0v) is 16.8. The number of fused-ring (bicyclic) bond motifs is 2. The fraction of sp³-hybridized carbons (Fsp3) is 0.500. The normalized spacial score (nSPS) is 35.6. The molecule has 24 heavy (non-hydrogen) atoms. The molecular formula is C10H11BrN5NaO6P+. The van der Waals surface area contributed by atoms with E-state index < -0.39 is 32.4 Å². The van der Waals surface area contributed by atoms with E-state index >= 15 is 0 Å². The predicted octanol–water partition coefficient (Wildman–Crippen LogP) is -3.05. The van der Waals surface area contributed by atoms with Gasteiger partial charge in [-0.2, -0.15) is 0 Å². The van der Waals surface area contributed by atoms with Gasteiger partial charge in [0.2, 0.25) is 0 Å². The van der Waals surface area contributed by atoms with Crippen LogP contribution in [0.25, 0.3) is 11.2 Å². The summed E-state index contributed by atoms with van der Waals surface area (Å²) in [4.78, 5) is 21.5. The number of phosphoric acid groups is 1. The quantitative estimate of drug-likeness (QED) is 0.241. The second-order valence-corrected chi connectivity index (χ2v) is 7.19. The first-order valence-electron chi connectivity index (χ1n) is 6.50. The van der Waals surface area contributed by atoms with E-state index in [1.807, 2.05) is 0 Å². The summed E-state index contributed by atoms with van der Waals surface area (Å²) in [6.45, 7) is -0.173. The monoisotopic (exact) mass is 430 g/mol. The molecule has 5 atom stereocenters. The summed E-state index contributed by atoms with van der Waals surface area (Å²) in [6, 6.07) is 0. The maximum absolute atomic E-state index is 11.5. The Morgan fingerprint density at radius 2 is 2.21 bits per heavy atom. The number of aliphatic hydroxyl groups is 1. The van der Waals surface area contributed by atoms with Crippen LogP contribution in [0, 0.1) is 0 Å². The zero-order valence-electron chi connectivity index (χ0n) is 12.3. The molecule has 2 aromatic rings. The van der Waals surface area contributed by atoms with Crippen LogP contribution in [0.5, 0.6) is 0 Å². The fourth-order valence-electron chi connectivity index (χ4n) is 2.67. The average Bonchev–Trinajstić information content (AvgIpc) is 2.97. The van der Waals surface area contributed by atoms with Crippen molar-refractivity contribution >= 4 is 40.7 Å². The first-order valence-corrected chi connectivity index (χ1v) is 8.79. The van der Waals surface area contributed by atoms with E-state index in [1.54, 1.807) is 0 Å². The number of hydrogen-bond donors (Lipinski definition) is 3. The number of imidazole rings is 1. The summed E-state index contributed by atoms with van der Waals surface area (Å²) >= 11 is 3.26. The number of phosphoric ester groups is 1. The largest absolute Gasteiger partial charge is 1.00 e. The van der Waals surface area contributed by atoms with Gasteiger partial charge in [0.15, 0.2) is 27.9 Å². The molecule has 4 heterocycles. The van der Waals surface area contributed by atoms with Crippen molar-refractivity contribution in [3.8, 4) is 0 Å². The molecule has 2 aliphatic heterocycles. The maximum atomic E-state index is 11.5. The third kappa shape index (κ3) is 2.94. The smallest absolute Gasteiger partial charge is 0.386 e. The van der Waals surface area contributed by atoms with Crippen LogP contribution >= 0.6 is 23.8 Å². The number of nitrogens with zero attached hydrogens (tertiary/aromatic N) is 4. The zero-order chi connectivity index (χ0) is 16.4. The molecule has 2 aliphatic rings. The summed E-state index contributed by atoms with van der Waals surface area (Å²) in [6.07, 6.45) is -2.62. The van der Waals surface area contributed by atoms with Crippen LogP contribution in [0.3, 0.4) is 0 Å². The van der Waals surface area contributed by atoms with Crippen molar-refractivity contribution in [3.63, 3.8) is 0 Å². The molecule has 0 amide bonds. The van der Waals surface area contributed by atoms with Gasteiger partial charge < -0.3 is 20.5 Å². The molecule has 2 saturated heterocycles. The van der Waals surface area contributed by atoms with Crippen LogP contribution in [0.4, 0.5) is 5.82 Å². The first-order chi connectivity index (χ1) is 10.9. The van der Waals surface area contributed by atoms with E-state index in [9.17, 15) is 14.6 Å². The van der Waals surface area contributed by atoms with Crippen molar-refractivity contribution < 1.29 is 57.9 Å². The van der Waals surface area contributed by atoms with Crippen molar-refractivity contribution in [2.24, 2.45) is 0 Å². The Morgan fingerprint density at radius 1 is 1.46 bits per heavy atom. The standard InChI is InChI=1S/C10H11BrN5O6P.Na/c11-10-15-4-7(12)13-2-14-8(4)16(10)9-5(17)6-3(21-9)1-20-23(18,19)22-6;/h2-3,5-6,9,17H,1H2,(H,18,19)(H2,12,13,14);/q;+1/t3?,5?,6-,9?;/m0./s1. The number of halogens is 1. The number of anilines is 1. The van der Waals surface area contributed by atoms with E-state index in [-0.39, 0.29) is 42.0 Å². The summed E-state index contributed by atoms with van der Waals surface area (Å²) in [5, 5.41) is 10.5. The van der Waals surface area contributed by atoms with Gasteiger partial charge in [-0.25, -0.2) is 19.5 Å². The van der Waals surface area contributed by atoms with Crippen LogP contribution in [0.2, 0.25) is 0 Å². The number of rotatable bonds is 1. The predicted molar refractivity (Wildman–Crippen MR) is 78.0 cm³/mol. The molecule has 0 spiro atoms. The van der Waals surface area contributed by atoms with Gasteiger partial charge in [-0.15, -0.1) is 0 Å². The van der Waals surface area contributed by atoms with Crippen molar-refractivity contribution in [1.82, 2.24) is 19.5 Å². The third-order valence-corrected chi connectivity index (χ3v) is 5.23. The van der Waals surface area contributed by atoms with E-state index in [1.165, 1.54) is 10.9 Å². The molecule has 2 aromatic heterocycles. The van der Waals surface area contributed by atoms with Crippen molar-refractivity contribution in [1.29, 1.82) is 0 Å². The van der Waals surface area contributed by atoms with Gasteiger partial charge in [-0.1, -0.05) is 0 Å². The molecule has 0 bridgehead atoms. The summed E-state index contributed by atoms with van der Waals surface area (Å²) in [7, 11) is -4.19. The van der Waals surface area contributed by atoms with Crippen molar-refractivity contribution in [2.75, 3.05) is 12.3 Å².